The van der Waals surface area contributed by atoms with E-state index in [1.807, 2.05) is 67.5 Å². The maximum absolute atomic E-state index is 12.2. The van der Waals surface area contributed by atoms with Gasteiger partial charge in [-0.3, -0.25) is 4.79 Å². The lowest BCUT2D eigenvalue weighted by Gasteiger charge is -2.12. The van der Waals surface area contributed by atoms with Crippen LogP contribution in [0.25, 0.3) is 0 Å². The summed E-state index contributed by atoms with van der Waals surface area (Å²) in [6, 6.07) is 23.5. The number of anilines is 1. The normalized spacial score (nSPS) is 10.9. The average molecular weight is 402 g/mol. The molecule has 1 amide bonds. The van der Waals surface area contributed by atoms with Gasteiger partial charge in [0.1, 0.15) is 0 Å². The van der Waals surface area contributed by atoms with Crippen LogP contribution in [0.3, 0.4) is 0 Å². The van der Waals surface area contributed by atoms with E-state index in [1.54, 1.807) is 18.3 Å². The highest BCUT2D eigenvalue weighted by atomic mass is 16.5. The monoisotopic (exact) mass is 401 g/mol. The van der Waals surface area contributed by atoms with Crippen LogP contribution < -0.4 is 10.3 Å². The Labute approximate surface area is 178 Å². The van der Waals surface area contributed by atoms with Crippen LogP contribution in [-0.4, -0.2) is 26.2 Å². The van der Waals surface area contributed by atoms with Gasteiger partial charge < -0.3 is 9.64 Å². The van der Waals surface area contributed by atoms with E-state index in [0.29, 0.717) is 18.8 Å². The highest BCUT2D eigenvalue weighted by Crippen LogP contribution is 2.13. The number of nitrogens with zero attached hydrogens (tertiary/aromatic N) is 2. The third-order valence-electron chi connectivity index (χ3n) is 4.76. The lowest BCUT2D eigenvalue weighted by atomic mass is 10.1. The fraction of sp³-hybridized carbons (Fsp3) is 0.200. The number of hydrogen-bond donors (Lipinski definition) is 1. The molecule has 0 saturated heterocycles. The van der Waals surface area contributed by atoms with E-state index in [0.717, 1.165) is 16.8 Å². The van der Waals surface area contributed by atoms with Crippen LogP contribution >= 0.6 is 0 Å². The van der Waals surface area contributed by atoms with Crippen molar-refractivity contribution in [2.45, 2.75) is 20.1 Å². The molecule has 0 aliphatic carbocycles. The second kappa shape index (κ2) is 10.4. The molecule has 0 bridgehead atoms. The van der Waals surface area contributed by atoms with E-state index < -0.39 is 0 Å². The first-order chi connectivity index (χ1) is 14.5. The van der Waals surface area contributed by atoms with Crippen LogP contribution in [0, 0.1) is 6.92 Å². The van der Waals surface area contributed by atoms with Crippen LogP contribution in [0.4, 0.5) is 5.69 Å². The van der Waals surface area contributed by atoms with Gasteiger partial charge in [-0.1, -0.05) is 42.5 Å². The summed E-state index contributed by atoms with van der Waals surface area (Å²) in [6.07, 6.45) is 1.64. The van der Waals surface area contributed by atoms with Crippen LogP contribution in [0.5, 0.6) is 0 Å². The Bertz CT molecular complexity index is 1010. The van der Waals surface area contributed by atoms with Crippen molar-refractivity contribution in [1.29, 1.82) is 0 Å². The topological polar surface area (TPSA) is 53.9 Å². The second-order valence-electron chi connectivity index (χ2n) is 7.30. The zero-order chi connectivity index (χ0) is 21.3. The van der Waals surface area contributed by atoms with Crippen molar-refractivity contribution in [2.75, 3.05) is 19.0 Å². The van der Waals surface area contributed by atoms with Crippen molar-refractivity contribution < 1.29 is 9.53 Å². The van der Waals surface area contributed by atoms with Crippen LogP contribution in [0.15, 0.2) is 77.9 Å². The number of nitrogens with one attached hydrogen (secondary N) is 1. The Balaban J connectivity index is 1.52. The molecule has 5 heteroatoms. The summed E-state index contributed by atoms with van der Waals surface area (Å²) in [5.41, 5.74) is 8.55. The minimum atomic E-state index is -0.241. The minimum Gasteiger partial charge on any atom is -0.378 e. The molecular weight excluding hydrogens is 374 g/mol. The molecule has 154 valence electrons. The summed E-state index contributed by atoms with van der Waals surface area (Å²) >= 11 is 0. The summed E-state index contributed by atoms with van der Waals surface area (Å²) in [5, 5.41) is 4.08. The van der Waals surface area contributed by atoms with E-state index in [9.17, 15) is 4.79 Å². The van der Waals surface area contributed by atoms with Gasteiger partial charge in [-0.15, -0.1) is 0 Å². The maximum Gasteiger partial charge on any atom is 0.271 e. The van der Waals surface area contributed by atoms with Crippen molar-refractivity contribution >= 4 is 17.8 Å². The number of carbonyl (C=O) groups excluding carboxylic acids is 1. The van der Waals surface area contributed by atoms with Gasteiger partial charge in [-0.25, -0.2) is 5.43 Å². The molecule has 0 aromatic heterocycles. The Morgan fingerprint density at radius 1 is 1.00 bits per heavy atom. The van der Waals surface area contributed by atoms with Gasteiger partial charge in [0.2, 0.25) is 0 Å². The molecule has 30 heavy (non-hydrogen) atoms. The fourth-order valence-corrected chi connectivity index (χ4v) is 2.96. The number of aryl methyl sites for hydroxylation is 1. The zero-order valence-electron chi connectivity index (χ0n) is 17.6. The van der Waals surface area contributed by atoms with Gasteiger partial charge in [0, 0.05) is 25.3 Å². The van der Waals surface area contributed by atoms with Crippen LogP contribution in [-0.2, 0) is 18.0 Å². The van der Waals surface area contributed by atoms with Crippen molar-refractivity contribution in [2.24, 2.45) is 5.10 Å². The molecule has 0 radical (unpaired) electrons. The fourth-order valence-electron chi connectivity index (χ4n) is 2.96. The van der Waals surface area contributed by atoms with Gasteiger partial charge >= 0.3 is 0 Å². The lowest BCUT2D eigenvalue weighted by Crippen LogP contribution is -2.18. The Morgan fingerprint density at radius 2 is 1.77 bits per heavy atom. The summed E-state index contributed by atoms with van der Waals surface area (Å²) < 4.78 is 5.85. The molecule has 3 aromatic rings. The largest absolute Gasteiger partial charge is 0.378 e. The quantitative estimate of drug-likeness (QED) is 0.445. The summed E-state index contributed by atoms with van der Waals surface area (Å²) in [6.45, 7) is 3.18. The number of carbonyl (C=O) groups is 1. The number of hydrogen-bond acceptors (Lipinski definition) is 4. The first-order valence-corrected chi connectivity index (χ1v) is 9.85. The van der Waals surface area contributed by atoms with E-state index in [-0.39, 0.29) is 5.91 Å². The van der Waals surface area contributed by atoms with Gasteiger partial charge in [-0.2, -0.15) is 5.10 Å². The van der Waals surface area contributed by atoms with Crippen LogP contribution in [0.2, 0.25) is 0 Å². The lowest BCUT2D eigenvalue weighted by molar-refractivity contribution is 0.0955. The van der Waals surface area contributed by atoms with Crippen molar-refractivity contribution in [1.82, 2.24) is 5.43 Å². The highest BCUT2D eigenvalue weighted by Gasteiger charge is 2.04. The van der Waals surface area contributed by atoms with Gasteiger partial charge in [-0.05, 0) is 59.5 Å². The third-order valence-corrected chi connectivity index (χ3v) is 4.76. The first-order valence-electron chi connectivity index (χ1n) is 9.85. The predicted octanol–water partition coefficient (Wildman–Crippen LogP) is 4.54. The second-order valence-corrected chi connectivity index (χ2v) is 7.30. The van der Waals surface area contributed by atoms with Crippen molar-refractivity contribution in [3.05, 3.63) is 101 Å². The smallest absolute Gasteiger partial charge is 0.271 e. The van der Waals surface area contributed by atoms with E-state index >= 15 is 0 Å². The van der Waals surface area contributed by atoms with Gasteiger partial charge in [0.15, 0.2) is 0 Å². The van der Waals surface area contributed by atoms with E-state index in [1.165, 1.54) is 11.1 Å². The standard InChI is InChI=1S/C25H27N3O2/c1-19-7-4-5-10-23(19)18-30-17-21-9-6-8-20(15-21)16-26-27-25(29)22-11-13-24(14-12-22)28(2)3/h4-16H,17-18H2,1-3H3,(H,27,29)/b26-16-. The SMILES string of the molecule is Cc1ccccc1COCc1cccc(/C=N\NC(=O)c2ccc(N(C)C)cc2)c1. The molecule has 0 heterocycles. The Hall–Kier alpha value is -3.44. The summed E-state index contributed by atoms with van der Waals surface area (Å²) in [7, 11) is 3.92. The molecule has 3 rings (SSSR count). The molecule has 0 fully saturated rings. The average Bonchev–Trinajstić information content (AvgIpc) is 2.75. The summed E-state index contributed by atoms with van der Waals surface area (Å²) in [5.74, 6) is -0.241. The van der Waals surface area contributed by atoms with Crippen molar-refractivity contribution in [3.63, 3.8) is 0 Å². The molecule has 0 spiro atoms. The zero-order valence-corrected chi connectivity index (χ0v) is 17.6. The number of ether oxygens (including phenoxy) is 1. The molecule has 1 N–H and O–H groups in total. The number of hydrazone groups is 1. The van der Waals surface area contributed by atoms with Crippen molar-refractivity contribution in [3.8, 4) is 0 Å². The molecule has 0 unspecified atom stereocenters. The summed E-state index contributed by atoms with van der Waals surface area (Å²) in [4.78, 5) is 14.2. The Kier molecular flexibility index (Phi) is 7.35. The molecule has 0 aliphatic rings. The number of rotatable bonds is 8. The molecular formula is C25H27N3O2. The minimum absolute atomic E-state index is 0.241. The number of benzene rings is 3. The molecule has 0 aliphatic heterocycles. The van der Waals surface area contributed by atoms with Gasteiger partial charge in [0.05, 0.1) is 19.4 Å². The van der Waals surface area contributed by atoms with E-state index in [2.05, 4.69) is 29.6 Å². The maximum atomic E-state index is 12.2. The van der Waals surface area contributed by atoms with E-state index in [4.69, 9.17) is 4.74 Å². The molecule has 0 saturated carbocycles. The molecule has 3 aromatic carbocycles. The van der Waals surface area contributed by atoms with Gasteiger partial charge in [0.25, 0.3) is 5.91 Å². The number of amides is 1. The molecule has 5 nitrogen and oxygen atoms in total. The van der Waals surface area contributed by atoms with Crippen LogP contribution in [0.1, 0.15) is 32.6 Å². The highest BCUT2D eigenvalue weighted by molar-refractivity contribution is 5.95. The predicted molar refractivity (Wildman–Crippen MR) is 122 cm³/mol. The third kappa shape index (κ3) is 6.03. The Morgan fingerprint density at radius 3 is 2.50 bits per heavy atom. The first kappa shape index (κ1) is 21.3. The molecule has 0 atom stereocenters.